The minimum absolute atomic E-state index is 0.201. The number of rotatable bonds is 7. The molecular formula is C19H19N3O2S. The Morgan fingerprint density at radius 3 is 3.00 bits per heavy atom. The highest BCUT2D eigenvalue weighted by atomic mass is 32.1. The van der Waals surface area contributed by atoms with Crippen molar-refractivity contribution in [2.24, 2.45) is 0 Å². The Balaban J connectivity index is 1.66. The van der Waals surface area contributed by atoms with Crippen LogP contribution in [0.1, 0.15) is 30.1 Å². The minimum Gasteiger partial charge on any atom is -0.494 e. The van der Waals surface area contributed by atoms with Gasteiger partial charge < -0.3 is 4.74 Å². The molecule has 25 heavy (non-hydrogen) atoms. The third kappa shape index (κ3) is 4.64. The predicted molar refractivity (Wildman–Crippen MR) is 100 cm³/mol. The molecule has 2 aromatic heterocycles. The van der Waals surface area contributed by atoms with E-state index in [1.165, 1.54) is 11.3 Å². The Morgan fingerprint density at radius 2 is 2.20 bits per heavy atom. The van der Waals surface area contributed by atoms with Crippen LogP contribution in [0, 0.1) is 0 Å². The second-order valence-electron chi connectivity index (χ2n) is 5.46. The van der Waals surface area contributed by atoms with Crippen LogP contribution >= 0.6 is 11.3 Å². The van der Waals surface area contributed by atoms with Crippen molar-refractivity contribution < 1.29 is 9.53 Å². The molecule has 0 aliphatic rings. The number of carbonyl (C=O) groups is 1. The molecule has 0 bridgehead atoms. The SMILES string of the molecule is CCCCOc1cccc(C(=O)Nc2nc(-c3cccnc3)cs2)c1. The molecule has 0 spiro atoms. The van der Waals surface area contributed by atoms with Gasteiger partial charge in [-0.2, -0.15) is 0 Å². The first-order chi connectivity index (χ1) is 12.3. The molecule has 0 unspecified atom stereocenters. The molecule has 1 amide bonds. The lowest BCUT2D eigenvalue weighted by Gasteiger charge is -2.07. The average Bonchev–Trinajstić information content (AvgIpc) is 3.11. The molecule has 128 valence electrons. The number of amides is 1. The summed E-state index contributed by atoms with van der Waals surface area (Å²) in [6.07, 6.45) is 5.53. The van der Waals surface area contributed by atoms with Crippen molar-refractivity contribution >= 4 is 22.4 Å². The molecule has 6 heteroatoms. The maximum absolute atomic E-state index is 12.4. The Kier molecular flexibility index (Phi) is 5.74. The Hall–Kier alpha value is -2.73. The van der Waals surface area contributed by atoms with Gasteiger partial charge in [-0.25, -0.2) is 4.98 Å². The fourth-order valence-corrected chi connectivity index (χ4v) is 2.92. The molecule has 0 saturated carbocycles. The van der Waals surface area contributed by atoms with Gasteiger partial charge >= 0.3 is 0 Å². The molecule has 0 fully saturated rings. The van der Waals surface area contributed by atoms with E-state index in [0.29, 0.717) is 23.1 Å². The average molecular weight is 353 g/mol. The molecule has 0 aliphatic heterocycles. The molecule has 0 aliphatic carbocycles. The molecule has 0 saturated heterocycles. The summed E-state index contributed by atoms with van der Waals surface area (Å²) in [5.41, 5.74) is 2.27. The van der Waals surface area contributed by atoms with Crippen LogP contribution in [0.3, 0.4) is 0 Å². The van der Waals surface area contributed by atoms with Gasteiger partial charge in [0, 0.05) is 28.9 Å². The van der Waals surface area contributed by atoms with Crippen molar-refractivity contribution in [2.45, 2.75) is 19.8 Å². The van der Waals surface area contributed by atoms with Crippen molar-refractivity contribution in [1.82, 2.24) is 9.97 Å². The zero-order valence-corrected chi connectivity index (χ0v) is 14.8. The minimum atomic E-state index is -0.201. The summed E-state index contributed by atoms with van der Waals surface area (Å²) in [7, 11) is 0. The van der Waals surface area contributed by atoms with Gasteiger partial charge in [-0.1, -0.05) is 19.4 Å². The van der Waals surface area contributed by atoms with Crippen molar-refractivity contribution in [2.75, 3.05) is 11.9 Å². The number of thiazole rings is 1. The highest BCUT2D eigenvalue weighted by Gasteiger charge is 2.11. The van der Waals surface area contributed by atoms with Gasteiger partial charge in [0.15, 0.2) is 5.13 Å². The van der Waals surface area contributed by atoms with Crippen LogP contribution in [-0.4, -0.2) is 22.5 Å². The number of nitrogens with one attached hydrogen (secondary N) is 1. The standard InChI is InChI=1S/C19H19N3O2S/c1-2-3-10-24-16-8-4-6-14(11-16)18(23)22-19-21-17(13-25-19)15-7-5-9-20-12-15/h4-9,11-13H,2-3,10H2,1H3,(H,21,22,23). The zero-order chi connectivity index (χ0) is 17.5. The highest BCUT2D eigenvalue weighted by molar-refractivity contribution is 7.14. The van der Waals surface area contributed by atoms with E-state index in [1.54, 1.807) is 24.5 Å². The number of hydrogen-bond acceptors (Lipinski definition) is 5. The second kappa shape index (κ2) is 8.39. The number of ether oxygens (including phenoxy) is 1. The van der Waals surface area contributed by atoms with E-state index < -0.39 is 0 Å². The number of carbonyl (C=O) groups excluding carboxylic acids is 1. The topological polar surface area (TPSA) is 64.1 Å². The first-order valence-corrected chi connectivity index (χ1v) is 9.04. The molecule has 3 aromatic rings. The van der Waals surface area contributed by atoms with Crippen LogP contribution in [0.4, 0.5) is 5.13 Å². The quantitative estimate of drug-likeness (QED) is 0.629. The lowest BCUT2D eigenvalue weighted by molar-refractivity contribution is 0.102. The van der Waals surface area contributed by atoms with Crippen molar-refractivity contribution in [1.29, 1.82) is 0 Å². The summed E-state index contributed by atoms with van der Waals surface area (Å²) in [5.74, 6) is 0.504. The summed E-state index contributed by atoms with van der Waals surface area (Å²) in [6.45, 7) is 2.77. The van der Waals surface area contributed by atoms with E-state index >= 15 is 0 Å². The summed E-state index contributed by atoms with van der Waals surface area (Å²) < 4.78 is 5.65. The van der Waals surface area contributed by atoms with E-state index in [2.05, 4.69) is 22.2 Å². The smallest absolute Gasteiger partial charge is 0.257 e. The molecule has 0 radical (unpaired) electrons. The van der Waals surface area contributed by atoms with E-state index in [9.17, 15) is 4.79 Å². The maximum atomic E-state index is 12.4. The van der Waals surface area contributed by atoms with E-state index in [1.807, 2.05) is 29.6 Å². The lowest BCUT2D eigenvalue weighted by Crippen LogP contribution is -2.11. The molecular weight excluding hydrogens is 334 g/mol. The predicted octanol–water partition coefficient (Wildman–Crippen LogP) is 4.64. The van der Waals surface area contributed by atoms with Crippen LogP contribution in [0.2, 0.25) is 0 Å². The summed E-state index contributed by atoms with van der Waals surface area (Å²) >= 11 is 1.39. The fraction of sp³-hybridized carbons (Fsp3) is 0.211. The highest BCUT2D eigenvalue weighted by Crippen LogP contribution is 2.24. The Morgan fingerprint density at radius 1 is 1.28 bits per heavy atom. The molecule has 1 aromatic carbocycles. The first kappa shape index (κ1) is 17.1. The van der Waals surface area contributed by atoms with E-state index in [0.717, 1.165) is 24.1 Å². The van der Waals surface area contributed by atoms with Gasteiger partial charge in [0.25, 0.3) is 5.91 Å². The number of hydrogen-bond donors (Lipinski definition) is 1. The van der Waals surface area contributed by atoms with Crippen LogP contribution in [0.5, 0.6) is 5.75 Å². The van der Waals surface area contributed by atoms with Gasteiger partial charge in [0.1, 0.15) is 5.75 Å². The summed E-state index contributed by atoms with van der Waals surface area (Å²) in [6, 6.07) is 11.0. The number of pyridine rings is 1. The van der Waals surface area contributed by atoms with Crippen LogP contribution in [0.15, 0.2) is 54.2 Å². The number of aromatic nitrogens is 2. The largest absolute Gasteiger partial charge is 0.494 e. The summed E-state index contributed by atoms with van der Waals surface area (Å²) in [4.78, 5) is 21.0. The third-order valence-corrected chi connectivity index (χ3v) is 4.30. The van der Waals surface area contributed by atoms with Gasteiger partial charge in [-0.05, 0) is 36.8 Å². The van der Waals surface area contributed by atoms with Gasteiger partial charge in [0.2, 0.25) is 0 Å². The molecule has 2 heterocycles. The molecule has 3 rings (SSSR count). The van der Waals surface area contributed by atoms with Crippen molar-refractivity contribution in [3.63, 3.8) is 0 Å². The van der Waals surface area contributed by atoms with Crippen molar-refractivity contribution in [3.8, 4) is 17.0 Å². The fourth-order valence-electron chi connectivity index (χ4n) is 2.21. The number of benzene rings is 1. The number of nitrogens with zero attached hydrogens (tertiary/aromatic N) is 2. The van der Waals surface area contributed by atoms with E-state index in [4.69, 9.17) is 4.74 Å². The van der Waals surface area contributed by atoms with Crippen molar-refractivity contribution in [3.05, 3.63) is 59.7 Å². The molecule has 0 atom stereocenters. The second-order valence-corrected chi connectivity index (χ2v) is 6.32. The zero-order valence-electron chi connectivity index (χ0n) is 13.9. The Labute approximate surface area is 150 Å². The monoisotopic (exact) mass is 353 g/mol. The summed E-state index contributed by atoms with van der Waals surface area (Å²) in [5, 5.41) is 5.29. The number of unbranched alkanes of at least 4 members (excludes halogenated alkanes) is 1. The normalized spacial score (nSPS) is 10.4. The third-order valence-electron chi connectivity index (χ3n) is 3.54. The molecule has 5 nitrogen and oxygen atoms in total. The Bertz CT molecular complexity index is 833. The number of anilines is 1. The van der Waals surface area contributed by atoms with Crippen LogP contribution in [0.25, 0.3) is 11.3 Å². The molecule has 1 N–H and O–H groups in total. The van der Waals surface area contributed by atoms with Gasteiger partial charge in [0.05, 0.1) is 12.3 Å². The van der Waals surface area contributed by atoms with Crippen LogP contribution in [-0.2, 0) is 0 Å². The van der Waals surface area contributed by atoms with Gasteiger partial charge in [-0.3, -0.25) is 15.1 Å². The maximum Gasteiger partial charge on any atom is 0.257 e. The lowest BCUT2D eigenvalue weighted by atomic mass is 10.2. The van der Waals surface area contributed by atoms with E-state index in [-0.39, 0.29) is 5.91 Å². The van der Waals surface area contributed by atoms with Crippen LogP contribution < -0.4 is 10.1 Å². The first-order valence-electron chi connectivity index (χ1n) is 8.16. The van der Waals surface area contributed by atoms with Gasteiger partial charge in [-0.15, -0.1) is 11.3 Å².